The molecule has 17 heavy (non-hydrogen) atoms. The third-order valence-corrected chi connectivity index (χ3v) is 3.88. The van der Waals surface area contributed by atoms with Gasteiger partial charge >= 0.3 is 0 Å². The van der Waals surface area contributed by atoms with Crippen molar-refractivity contribution in [3.05, 3.63) is 27.4 Å². The van der Waals surface area contributed by atoms with Gasteiger partial charge < -0.3 is 10.3 Å². The molecule has 0 bridgehead atoms. The van der Waals surface area contributed by atoms with E-state index in [0.29, 0.717) is 5.92 Å². The molecule has 92 valence electrons. The van der Waals surface area contributed by atoms with E-state index in [1.165, 1.54) is 12.8 Å². The molecule has 1 unspecified atom stereocenters. The largest absolute Gasteiger partial charge is 0.316 e. The number of hydrogen-bond donors (Lipinski definition) is 2. The van der Waals surface area contributed by atoms with Crippen LogP contribution in [0, 0.1) is 5.92 Å². The maximum atomic E-state index is 11.9. The summed E-state index contributed by atoms with van der Waals surface area (Å²) in [4.78, 5) is 19.6. The molecule has 1 aromatic rings. The van der Waals surface area contributed by atoms with Crippen molar-refractivity contribution in [3.63, 3.8) is 0 Å². The van der Waals surface area contributed by atoms with Crippen LogP contribution in [0.2, 0.25) is 0 Å². The molecule has 2 heterocycles. The van der Waals surface area contributed by atoms with E-state index in [4.69, 9.17) is 0 Å². The zero-order valence-electron chi connectivity index (χ0n) is 10.1. The number of fused-ring (bicyclic) bond motifs is 1. The van der Waals surface area contributed by atoms with Gasteiger partial charge in [0.15, 0.2) is 0 Å². The van der Waals surface area contributed by atoms with Gasteiger partial charge in [0.2, 0.25) is 0 Å². The minimum Gasteiger partial charge on any atom is -0.316 e. The number of rotatable bonds is 2. The Balaban J connectivity index is 1.85. The zero-order valence-corrected chi connectivity index (χ0v) is 10.1. The van der Waals surface area contributed by atoms with Crippen molar-refractivity contribution in [1.82, 2.24) is 15.3 Å². The molecule has 0 saturated carbocycles. The van der Waals surface area contributed by atoms with E-state index in [1.807, 2.05) is 0 Å². The van der Waals surface area contributed by atoms with Crippen LogP contribution in [-0.4, -0.2) is 23.1 Å². The van der Waals surface area contributed by atoms with Crippen molar-refractivity contribution in [2.24, 2.45) is 5.92 Å². The lowest BCUT2D eigenvalue weighted by Crippen LogP contribution is -2.24. The first-order valence-corrected chi connectivity index (χ1v) is 6.64. The highest BCUT2D eigenvalue weighted by Crippen LogP contribution is 2.17. The normalized spacial score (nSPS) is 23.6. The summed E-state index contributed by atoms with van der Waals surface area (Å²) in [5.41, 5.74) is 2.10. The highest BCUT2D eigenvalue weighted by atomic mass is 16.1. The minimum absolute atomic E-state index is 0.107. The zero-order chi connectivity index (χ0) is 11.7. The maximum absolute atomic E-state index is 11.9. The Labute approximate surface area is 101 Å². The van der Waals surface area contributed by atoms with Gasteiger partial charge in [-0.2, -0.15) is 0 Å². The predicted molar refractivity (Wildman–Crippen MR) is 66.2 cm³/mol. The van der Waals surface area contributed by atoms with Gasteiger partial charge in [0.25, 0.3) is 5.56 Å². The third kappa shape index (κ3) is 2.27. The summed E-state index contributed by atoms with van der Waals surface area (Å²) in [6, 6.07) is 0. The van der Waals surface area contributed by atoms with Crippen molar-refractivity contribution < 1.29 is 0 Å². The monoisotopic (exact) mass is 233 g/mol. The van der Waals surface area contributed by atoms with Crippen molar-refractivity contribution in [1.29, 1.82) is 0 Å². The van der Waals surface area contributed by atoms with Gasteiger partial charge in [-0.05, 0) is 51.1 Å². The van der Waals surface area contributed by atoms with Crippen molar-refractivity contribution in [3.8, 4) is 0 Å². The standard InChI is InChI=1S/C13H19N3O/c17-13-10-3-1-2-4-11(10)15-12(16-13)7-9-5-6-14-8-9/h9,14H,1-8H2,(H,15,16,17). The molecule has 0 aromatic carbocycles. The molecular formula is C13H19N3O. The highest BCUT2D eigenvalue weighted by molar-refractivity contribution is 5.20. The van der Waals surface area contributed by atoms with Crippen LogP contribution >= 0.6 is 0 Å². The van der Waals surface area contributed by atoms with Crippen LogP contribution in [0.3, 0.4) is 0 Å². The Morgan fingerprint density at radius 2 is 2.18 bits per heavy atom. The first-order chi connectivity index (χ1) is 8.33. The smallest absolute Gasteiger partial charge is 0.254 e. The summed E-state index contributed by atoms with van der Waals surface area (Å²) in [5, 5.41) is 3.35. The molecule has 1 saturated heterocycles. The first kappa shape index (κ1) is 11.0. The van der Waals surface area contributed by atoms with Gasteiger partial charge in [-0.15, -0.1) is 0 Å². The Kier molecular flexibility index (Phi) is 2.97. The Bertz CT molecular complexity index is 460. The molecule has 1 atom stereocenters. The van der Waals surface area contributed by atoms with E-state index in [0.717, 1.165) is 55.9 Å². The van der Waals surface area contributed by atoms with E-state index in [9.17, 15) is 4.79 Å². The lowest BCUT2D eigenvalue weighted by Gasteiger charge is -2.15. The van der Waals surface area contributed by atoms with Gasteiger partial charge in [-0.1, -0.05) is 0 Å². The molecule has 1 aliphatic carbocycles. The molecular weight excluding hydrogens is 214 g/mol. The van der Waals surface area contributed by atoms with E-state index in [2.05, 4.69) is 15.3 Å². The first-order valence-electron chi connectivity index (χ1n) is 6.64. The molecule has 0 spiro atoms. The quantitative estimate of drug-likeness (QED) is 0.794. The molecule has 3 rings (SSSR count). The molecule has 2 aliphatic rings. The second-order valence-corrected chi connectivity index (χ2v) is 5.21. The fraction of sp³-hybridized carbons (Fsp3) is 0.692. The topological polar surface area (TPSA) is 57.8 Å². The van der Waals surface area contributed by atoms with E-state index in [-0.39, 0.29) is 5.56 Å². The SMILES string of the molecule is O=c1[nH]c(CC2CCNC2)nc2c1CCCC2. The molecule has 1 aromatic heterocycles. The van der Waals surface area contributed by atoms with Gasteiger partial charge in [0.05, 0.1) is 5.69 Å². The summed E-state index contributed by atoms with van der Waals surface area (Å²) in [7, 11) is 0. The van der Waals surface area contributed by atoms with Gasteiger partial charge in [-0.3, -0.25) is 4.79 Å². The van der Waals surface area contributed by atoms with Crippen molar-refractivity contribution in [2.75, 3.05) is 13.1 Å². The molecule has 4 heteroatoms. The third-order valence-electron chi connectivity index (χ3n) is 3.88. The number of aromatic nitrogens is 2. The summed E-state index contributed by atoms with van der Waals surface area (Å²) in [6.07, 6.45) is 6.30. The van der Waals surface area contributed by atoms with Crippen molar-refractivity contribution >= 4 is 0 Å². The molecule has 0 radical (unpaired) electrons. The van der Waals surface area contributed by atoms with E-state index in [1.54, 1.807) is 0 Å². The van der Waals surface area contributed by atoms with Gasteiger partial charge in [-0.25, -0.2) is 4.98 Å². The maximum Gasteiger partial charge on any atom is 0.254 e. The molecule has 4 nitrogen and oxygen atoms in total. The van der Waals surface area contributed by atoms with Crippen LogP contribution in [-0.2, 0) is 19.3 Å². The Morgan fingerprint density at radius 3 is 3.00 bits per heavy atom. The van der Waals surface area contributed by atoms with Crippen LogP contribution in [0.4, 0.5) is 0 Å². The lowest BCUT2D eigenvalue weighted by molar-refractivity contribution is 0.551. The Hall–Kier alpha value is -1.16. The average Bonchev–Trinajstić information content (AvgIpc) is 2.82. The summed E-state index contributed by atoms with van der Waals surface area (Å²) < 4.78 is 0. The van der Waals surface area contributed by atoms with Crippen LogP contribution in [0.5, 0.6) is 0 Å². The predicted octanol–water partition coefficient (Wildman–Crippen LogP) is 0.801. The number of H-pyrrole nitrogens is 1. The summed E-state index contributed by atoms with van der Waals surface area (Å²) in [5.74, 6) is 1.53. The molecule has 1 aliphatic heterocycles. The van der Waals surface area contributed by atoms with E-state index < -0.39 is 0 Å². The second kappa shape index (κ2) is 4.61. The van der Waals surface area contributed by atoms with E-state index >= 15 is 0 Å². The average molecular weight is 233 g/mol. The highest BCUT2D eigenvalue weighted by Gasteiger charge is 2.19. The summed E-state index contributed by atoms with van der Waals surface area (Å²) in [6.45, 7) is 2.15. The number of aromatic amines is 1. The van der Waals surface area contributed by atoms with Crippen molar-refractivity contribution in [2.45, 2.75) is 38.5 Å². The number of hydrogen-bond acceptors (Lipinski definition) is 3. The Morgan fingerprint density at radius 1 is 1.29 bits per heavy atom. The molecule has 2 N–H and O–H groups in total. The fourth-order valence-electron chi connectivity index (χ4n) is 2.91. The second-order valence-electron chi connectivity index (χ2n) is 5.21. The van der Waals surface area contributed by atoms with Crippen LogP contribution < -0.4 is 10.9 Å². The molecule has 0 amide bonds. The summed E-state index contributed by atoms with van der Waals surface area (Å²) >= 11 is 0. The van der Waals surface area contributed by atoms with Crippen LogP contribution in [0.25, 0.3) is 0 Å². The van der Waals surface area contributed by atoms with Gasteiger partial charge in [0.1, 0.15) is 5.82 Å². The number of aryl methyl sites for hydroxylation is 1. The van der Waals surface area contributed by atoms with Crippen LogP contribution in [0.15, 0.2) is 4.79 Å². The number of nitrogens with one attached hydrogen (secondary N) is 2. The minimum atomic E-state index is 0.107. The van der Waals surface area contributed by atoms with Gasteiger partial charge in [0, 0.05) is 12.0 Å². The molecule has 1 fully saturated rings. The lowest BCUT2D eigenvalue weighted by atomic mass is 9.96. The number of nitrogens with zero attached hydrogens (tertiary/aromatic N) is 1. The van der Waals surface area contributed by atoms with Crippen LogP contribution in [0.1, 0.15) is 36.3 Å². The fourth-order valence-corrected chi connectivity index (χ4v) is 2.91.